The van der Waals surface area contributed by atoms with Gasteiger partial charge in [-0.2, -0.15) is 24.3 Å². The van der Waals surface area contributed by atoms with Crippen molar-refractivity contribution in [2.45, 2.75) is 0 Å². The lowest BCUT2D eigenvalue weighted by molar-refractivity contribution is -0.727. The van der Waals surface area contributed by atoms with Crippen molar-refractivity contribution >= 4 is 21.5 Å². The van der Waals surface area contributed by atoms with Gasteiger partial charge in [0, 0.05) is 50.4 Å². The molecule has 168 valence electrons. The Kier molecular flexibility index (Phi) is 4.71. The summed E-state index contributed by atoms with van der Waals surface area (Å²) in [5, 5.41) is 19.5. The molecule has 5 rings (SSSR count). The summed E-state index contributed by atoms with van der Waals surface area (Å²) in [4.78, 5) is 29.3. The van der Waals surface area contributed by atoms with E-state index in [1.54, 1.807) is 0 Å². The van der Waals surface area contributed by atoms with Crippen molar-refractivity contribution in [3.8, 4) is 34.4 Å². The third-order valence-corrected chi connectivity index (χ3v) is 5.89. The molecule has 0 bridgehead atoms. The van der Waals surface area contributed by atoms with Gasteiger partial charge in [-0.05, 0) is 17.7 Å². The van der Waals surface area contributed by atoms with Gasteiger partial charge in [0.15, 0.2) is 10.9 Å². The van der Waals surface area contributed by atoms with Crippen molar-refractivity contribution in [2.75, 3.05) is 0 Å². The van der Waals surface area contributed by atoms with E-state index in [1.165, 1.54) is 12.1 Å². The van der Waals surface area contributed by atoms with E-state index < -0.39 is 34.6 Å². The molecule has 6 nitrogen and oxygen atoms in total. The molecule has 0 amide bonds. The van der Waals surface area contributed by atoms with Crippen LogP contribution in [-0.4, -0.2) is 4.98 Å². The first-order valence-corrected chi connectivity index (χ1v) is 9.92. The van der Waals surface area contributed by atoms with Gasteiger partial charge in [0.25, 0.3) is 0 Å². The average Bonchev–Trinajstić information content (AvgIpc) is 3.25. The molecule has 0 aliphatic carbocycles. The largest absolute Gasteiger partial charge is 0.362 e. The van der Waals surface area contributed by atoms with Crippen LogP contribution >= 0.6 is 0 Å². The Hall–Kier alpha value is -4.96. The fourth-order valence-electron chi connectivity index (χ4n) is 4.29. The number of halogens is 4. The zero-order valence-corrected chi connectivity index (χ0v) is 17.6. The van der Waals surface area contributed by atoms with Crippen molar-refractivity contribution in [2.24, 2.45) is 7.05 Å². The minimum Gasteiger partial charge on any atom is -0.289 e. The zero-order valence-electron chi connectivity index (χ0n) is 17.6. The van der Waals surface area contributed by atoms with E-state index in [-0.39, 0.29) is 54.9 Å². The van der Waals surface area contributed by atoms with Gasteiger partial charge in [-0.25, -0.2) is 0 Å². The van der Waals surface area contributed by atoms with Crippen molar-refractivity contribution in [3.63, 3.8) is 0 Å². The van der Waals surface area contributed by atoms with Crippen LogP contribution in [0.5, 0.6) is 0 Å². The van der Waals surface area contributed by atoms with Crippen molar-refractivity contribution in [3.05, 3.63) is 91.8 Å². The van der Waals surface area contributed by atoms with E-state index in [9.17, 15) is 37.7 Å². The summed E-state index contributed by atoms with van der Waals surface area (Å²) >= 11 is 0. The van der Waals surface area contributed by atoms with Crippen LogP contribution < -0.4 is 15.4 Å². The quantitative estimate of drug-likeness (QED) is 0.222. The molecule has 2 heterocycles. The minimum atomic E-state index is -1.19. The molecule has 0 unspecified atom stereocenters. The molecule has 0 fully saturated rings. The van der Waals surface area contributed by atoms with E-state index in [4.69, 9.17) is 0 Å². The standard InChI is InChI=1S/C25H9F4N4O2/c1-33-20(28)4-11(5-21(33)29)23-17(9-31)13-6-12-14(7-15(13)25(23)35)24(34)22(16(12)8-30)10-2-18(26)32-19(27)3-10/h2-7H,1H3/q+1. The van der Waals surface area contributed by atoms with Gasteiger partial charge in [0.05, 0.1) is 23.3 Å². The number of benzene rings is 1. The van der Waals surface area contributed by atoms with E-state index in [1.807, 2.05) is 12.1 Å². The van der Waals surface area contributed by atoms with Gasteiger partial charge in [0.2, 0.25) is 11.9 Å². The summed E-state index contributed by atoms with van der Waals surface area (Å²) < 4.78 is 56.3. The lowest BCUT2D eigenvalue weighted by atomic mass is 10.0. The minimum absolute atomic E-state index is 0.0579. The number of aromatic nitrogens is 2. The molecule has 3 aromatic carbocycles. The predicted octanol–water partition coefficient (Wildman–Crippen LogP) is 3.44. The number of fused-ring (bicyclic) bond motifs is 2. The molecular weight excluding hydrogens is 464 g/mol. The first-order chi connectivity index (χ1) is 16.7. The number of pyridine rings is 2. The molecule has 0 saturated carbocycles. The third kappa shape index (κ3) is 3.08. The normalized spacial score (nSPS) is 11.2. The highest BCUT2D eigenvalue weighted by Crippen LogP contribution is 2.35. The Labute approximate surface area is 192 Å². The third-order valence-electron chi connectivity index (χ3n) is 5.89. The SMILES string of the molecule is C[n+]1c(F)cc(-c2c(C#N)c3cc4c(C#N)c(-c5cc(F)nc(F)c5)c(=O)c4cc3c2=O)cc1F. The Morgan fingerprint density at radius 3 is 1.51 bits per heavy atom. The maximum absolute atomic E-state index is 14.1. The van der Waals surface area contributed by atoms with Crippen LogP contribution in [0.3, 0.4) is 0 Å². The molecule has 0 spiro atoms. The van der Waals surface area contributed by atoms with Gasteiger partial charge in [0.1, 0.15) is 19.2 Å². The lowest BCUT2D eigenvalue weighted by Crippen LogP contribution is -2.37. The Bertz CT molecular complexity index is 1880. The van der Waals surface area contributed by atoms with E-state index in [0.717, 1.165) is 31.3 Å². The second-order valence-electron chi connectivity index (χ2n) is 7.77. The number of rotatable bonds is 2. The fourth-order valence-corrected chi connectivity index (χ4v) is 4.29. The fraction of sp³-hybridized carbons (Fsp3) is 0.0400. The van der Waals surface area contributed by atoms with Gasteiger partial charge < -0.3 is 0 Å². The highest BCUT2D eigenvalue weighted by molar-refractivity contribution is 6.10. The zero-order chi connectivity index (χ0) is 25.2. The first kappa shape index (κ1) is 21.9. The summed E-state index contributed by atoms with van der Waals surface area (Å²) in [5.41, 5.74) is -2.81. The molecule has 5 aromatic rings. The maximum Gasteiger partial charge on any atom is 0.362 e. The smallest absolute Gasteiger partial charge is 0.289 e. The van der Waals surface area contributed by atoms with Gasteiger partial charge in [-0.1, -0.05) is 0 Å². The lowest BCUT2D eigenvalue weighted by Gasteiger charge is -2.00. The second kappa shape index (κ2) is 7.54. The predicted molar refractivity (Wildman–Crippen MR) is 115 cm³/mol. The molecule has 0 atom stereocenters. The number of nitriles is 2. The summed E-state index contributed by atoms with van der Waals surface area (Å²) in [7, 11) is 1.14. The molecule has 10 heteroatoms. The van der Waals surface area contributed by atoms with Crippen LogP contribution in [0.15, 0.2) is 46.0 Å². The average molecular weight is 473 g/mol. The van der Waals surface area contributed by atoms with Gasteiger partial charge in [-0.3, -0.25) is 9.59 Å². The van der Waals surface area contributed by atoms with E-state index in [0.29, 0.717) is 4.57 Å². The summed E-state index contributed by atoms with van der Waals surface area (Å²) in [6.07, 6.45) is 0. The molecule has 0 aliphatic heterocycles. The van der Waals surface area contributed by atoms with Gasteiger partial charge >= 0.3 is 11.9 Å². The van der Waals surface area contributed by atoms with Crippen LogP contribution in [0, 0.1) is 46.5 Å². The summed E-state index contributed by atoms with van der Waals surface area (Å²) in [5.74, 6) is -4.35. The first-order valence-electron chi connectivity index (χ1n) is 9.92. The molecular formula is C25H9F4N4O2+. The molecule has 35 heavy (non-hydrogen) atoms. The van der Waals surface area contributed by atoms with Crippen molar-refractivity contribution < 1.29 is 22.1 Å². The van der Waals surface area contributed by atoms with Gasteiger partial charge in [-0.15, -0.1) is 13.3 Å². The Morgan fingerprint density at radius 2 is 1.09 bits per heavy atom. The highest BCUT2D eigenvalue weighted by atomic mass is 19.1. The molecule has 0 N–H and O–H groups in total. The number of hydrogen-bond acceptors (Lipinski definition) is 5. The maximum atomic E-state index is 14.1. The highest BCUT2D eigenvalue weighted by Gasteiger charge is 2.26. The monoisotopic (exact) mass is 473 g/mol. The van der Waals surface area contributed by atoms with Crippen LogP contribution in [0.25, 0.3) is 43.8 Å². The number of nitrogens with zero attached hydrogens (tertiary/aromatic N) is 4. The van der Waals surface area contributed by atoms with Crippen LogP contribution in [0.2, 0.25) is 0 Å². The van der Waals surface area contributed by atoms with Crippen molar-refractivity contribution in [1.82, 2.24) is 4.98 Å². The molecule has 0 radical (unpaired) electrons. The Balaban J connectivity index is 1.89. The van der Waals surface area contributed by atoms with E-state index >= 15 is 0 Å². The molecule has 0 saturated heterocycles. The van der Waals surface area contributed by atoms with E-state index in [2.05, 4.69) is 4.98 Å². The van der Waals surface area contributed by atoms with Crippen molar-refractivity contribution in [1.29, 1.82) is 10.5 Å². The molecule has 0 aliphatic rings. The second-order valence-corrected chi connectivity index (χ2v) is 7.77. The Morgan fingerprint density at radius 1 is 0.686 bits per heavy atom. The van der Waals surface area contributed by atoms with Crippen LogP contribution in [0.1, 0.15) is 11.1 Å². The van der Waals surface area contributed by atoms with Crippen LogP contribution in [-0.2, 0) is 7.05 Å². The topological polar surface area (TPSA) is 98.5 Å². The van der Waals surface area contributed by atoms with Crippen LogP contribution in [0.4, 0.5) is 17.6 Å². The molecule has 2 aromatic heterocycles. The number of hydrogen-bond donors (Lipinski definition) is 0. The summed E-state index contributed by atoms with van der Waals surface area (Å²) in [6, 6.07) is 9.57. The summed E-state index contributed by atoms with van der Waals surface area (Å²) in [6.45, 7) is 0.